The Morgan fingerprint density at radius 2 is 1.31 bits per heavy atom. The number of benzene rings is 4. The van der Waals surface area contributed by atoms with Crippen LogP contribution in [0, 0.1) is 85.5 Å². The van der Waals surface area contributed by atoms with E-state index in [9.17, 15) is 39.5 Å². The molecule has 0 unspecified atom stereocenters. The molecule has 85 heavy (non-hydrogen) atoms. The Balaban J connectivity index is 0.000000258. The normalized spacial score (nSPS) is 16.2. The van der Waals surface area contributed by atoms with Crippen LogP contribution in [0.1, 0.15) is 133 Å². The van der Waals surface area contributed by atoms with Crippen LogP contribution in [-0.2, 0) is 6.42 Å². The van der Waals surface area contributed by atoms with Crippen LogP contribution in [0.3, 0.4) is 0 Å². The van der Waals surface area contributed by atoms with Gasteiger partial charge < -0.3 is 16.4 Å². The summed E-state index contributed by atoms with van der Waals surface area (Å²) in [5.74, 6) is -4.84. The predicted molar refractivity (Wildman–Crippen MR) is 332 cm³/mol. The van der Waals surface area contributed by atoms with E-state index in [1.807, 2.05) is 83.1 Å². The Labute approximate surface area is 502 Å². The van der Waals surface area contributed by atoms with Gasteiger partial charge in [-0.05, 0) is 134 Å². The van der Waals surface area contributed by atoms with Crippen molar-refractivity contribution < 1.29 is 39.5 Å². The van der Waals surface area contributed by atoms with Crippen LogP contribution < -0.4 is 16.4 Å². The molecular formula is C64H77F9N10S2. The molecule has 458 valence electrons. The zero-order chi connectivity index (χ0) is 63.1. The lowest BCUT2D eigenvalue weighted by atomic mass is 9.91. The number of hydrogen-bond donors (Lipinski definition) is 3. The number of aliphatic imine (C=N–C) groups is 1. The highest BCUT2D eigenvalue weighted by Crippen LogP contribution is 2.39. The number of nitrogen functional groups attached to an aromatic ring is 1. The Kier molecular flexibility index (Phi) is 28.9. The molecule has 0 amide bonds. The number of hydrogen-bond acceptors (Lipinski definition) is 10. The van der Waals surface area contributed by atoms with Gasteiger partial charge in [0.25, 0.3) is 0 Å². The fourth-order valence-corrected chi connectivity index (χ4v) is 11.4. The zero-order valence-corrected chi connectivity index (χ0v) is 51.6. The molecule has 3 heterocycles. The summed E-state index contributed by atoms with van der Waals surface area (Å²) in [6.07, 6.45) is 18.2. The van der Waals surface area contributed by atoms with E-state index in [0.717, 1.165) is 91.6 Å². The molecular weight excluding hydrogens is 1140 g/mol. The van der Waals surface area contributed by atoms with E-state index in [-0.39, 0.29) is 41.3 Å². The van der Waals surface area contributed by atoms with Gasteiger partial charge >= 0.3 is 0 Å². The molecule has 7 aromatic rings. The first-order chi connectivity index (χ1) is 40.8. The number of rotatable bonds is 14. The van der Waals surface area contributed by atoms with Crippen molar-refractivity contribution in [2.75, 3.05) is 24.3 Å². The summed E-state index contributed by atoms with van der Waals surface area (Å²) < 4.78 is 121. The number of nitrogens with zero attached hydrogens (tertiary/aromatic N) is 7. The third-order valence-corrected chi connectivity index (χ3v) is 16.1. The summed E-state index contributed by atoms with van der Waals surface area (Å²) in [6.45, 7) is 24.7. The maximum absolute atomic E-state index is 14.5. The second-order valence-corrected chi connectivity index (χ2v) is 21.9. The van der Waals surface area contributed by atoms with E-state index >= 15 is 0 Å². The largest absolute Gasteiger partial charge is 0.385 e. The van der Waals surface area contributed by atoms with Crippen molar-refractivity contribution in [3.63, 3.8) is 0 Å². The monoisotopic (exact) mass is 1220 g/mol. The number of nitrogens with two attached hydrogens (primary N) is 1. The number of anilines is 1. The van der Waals surface area contributed by atoms with Gasteiger partial charge in [-0.25, -0.2) is 63.8 Å². The minimum absolute atomic E-state index is 0.103. The van der Waals surface area contributed by atoms with Crippen LogP contribution in [0.4, 0.5) is 51.1 Å². The quantitative estimate of drug-likeness (QED) is 0.0186. The van der Waals surface area contributed by atoms with Crippen LogP contribution in [0.25, 0.3) is 33.5 Å². The Bertz CT molecular complexity index is 3340. The van der Waals surface area contributed by atoms with Gasteiger partial charge in [-0.3, -0.25) is 0 Å². The van der Waals surface area contributed by atoms with Gasteiger partial charge in [0.1, 0.15) is 46.5 Å². The molecule has 4 N–H and O–H groups in total. The number of nitrogens with one attached hydrogen (secondary N) is 2. The third-order valence-electron chi connectivity index (χ3n) is 13.8. The molecule has 2 saturated carbocycles. The molecule has 2 fully saturated rings. The van der Waals surface area contributed by atoms with Gasteiger partial charge in [0.2, 0.25) is 0 Å². The summed E-state index contributed by atoms with van der Waals surface area (Å²) in [4.78, 5) is 13.1. The van der Waals surface area contributed by atoms with Crippen LogP contribution in [-0.4, -0.2) is 66.4 Å². The van der Waals surface area contributed by atoms with E-state index < -0.39 is 46.3 Å². The molecule has 2 aliphatic carbocycles. The highest BCUT2D eigenvalue weighted by Gasteiger charge is 2.29. The topological polar surface area (TPSA) is 124 Å². The van der Waals surface area contributed by atoms with Crippen molar-refractivity contribution in [3.8, 4) is 34.9 Å². The number of halogens is 9. The fourth-order valence-electron chi connectivity index (χ4n) is 9.62. The SMILES string of the molecule is C#Cc1c(F)c(F)cc(F)c1F.C/C=N\c1c(C)c(-c2ccc(C)cc2F)nn1C1CCC(NC)CC1.C=CCSSCC(=C)NC1CCC(n2nc(-c3ccccc3F)c3c(N)ncnc32)CC1.CC.CC.CCc1c(F)c(C)cc(F)c1F. The van der Waals surface area contributed by atoms with E-state index in [1.54, 1.807) is 59.0 Å². The maximum Gasteiger partial charge on any atom is 0.177 e. The number of aryl methyl sites for hydroxylation is 2. The minimum atomic E-state index is -1.55. The summed E-state index contributed by atoms with van der Waals surface area (Å²) in [7, 11) is 5.59. The Morgan fingerprint density at radius 1 is 0.729 bits per heavy atom. The second-order valence-electron chi connectivity index (χ2n) is 19.3. The van der Waals surface area contributed by atoms with E-state index in [1.165, 1.54) is 25.2 Å². The molecule has 2 aliphatic rings. The lowest BCUT2D eigenvalue weighted by Gasteiger charge is -2.30. The smallest absolute Gasteiger partial charge is 0.177 e. The number of aromatic nitrogens is 6. The van der Waals surface area contributed by atoms with Crippen molar-refractivity contribution in [2.24, 2.45) is 4.99 Å². The molecule has 0 atom stereocenters. The molecule has 4 aromatic carbocycles. The van der Waals surface area contributed by atoms with Crippen LogP contribution >= 0.6 is 21.6 Å². The molecule has 0 radical (unpaired) electrons. The summed E-state index contributed by atoms with van der Waals surface area (Å²) >= 11 is 0. The Hall–Kier alpha value is -7.02. The lowest BCUT2D eigenvalue weighted by Crippen LogP contribution is -2.33. The molecule has 10 nitrogen and oxygen atoms in total. The first-order valence-corrected chi connectivity index (χ1v) is 30.7. The lowest BCUT2D eigenvalue weighted by molar-refractivity contribution is 0.286. The van der Waals surface area contributed by atoms with Gasteiger partial charge in [-0.2, -0.15) is 10.2 Å². The van der Waals surface area contributed by atoms with Crippen LogP contribution in [0.2, 0.25) is 0 Å². The van der Waals surface area contributed by atoms with Crippen molar-refractivity contribution >= 4 is 50.5 Å². The van der Waals surface area contributed by atoms with Gasteiger partial charge in [-0.1, -0.05) is 93.0 Å². The molecule has 9 rings (SSSR count). The summed E-state index contributed by atoms with van der Waals surface area (Å²) in [6, 6.07) is 14.4. The molecule has 21 heteroatoms. The average molecular weight is 1220 g/mol. The number of fused-ring (bicyclic) bond motifs is 1. The maximum atomic E-state index is 14.5. The summed E-state index contributed by atoms with van der Waals surface area (Å²) in [5.41, 5.74) is 10.9. The van der Waals surface area contributed by atoms with Crippen molar-refractivity contribution in [1.29, 1.82) is 0 Å². The summed E-state index contributed by atoms with van der Waals surface area (Å²) in [5, 5.41) is 17.1. The third kappa shape index (κ3) is 18.3. The Morgan fingerprint density at radius 3 is 1.87 bits per heavy atom. The first kappa shape index (κ1) is 70.5. The van der Waals surface area contributed by atoms with Crippen molar-refractivity contribution in [3.05, 3.63) is 166 Å². The van der Waals surface area contributed by atoms with Gasteiger partial charge in [-0.15, -0.1) is 13.0 Å². The highest BCUT2D eigenvalue weighted by molar-refractivity contribution is 8.76. The molecule has 0 saturated heterocycles. The van der Waals surface area contributed by atoms with Gasteiger partial charge in [0.15, 0.2) is 46.4 Å². The van der Waals surface area contributed by atoms with E-state index in [0.29, 0.717) is 57.5 Å². The van der Waals surface area contributed by atoms with Crippen LogP contribution in [0.15, 0.2) is 90.8 Å². The molecule has 0 spiro atoms. The van der Waals surface area contributed by atoms with Crippen molar-refractivity contribution in [2.45, 2.75) is 144 Å². The number of terminal acetylenes is 1. The van der Waals surface area contributed by atoms with Gasteiger partial charge in [0.05, 0.1) is 17.5 Å². The highest BCUT2D eigenvalue weighted by atomic mass is 33.1. The molecule has 0 aliphatic heterocycles. The van der Waals surface area contributed by atoms with Crippen LogP contribution in [0.5, 0.6) is 0 Å². The van der Waals surface area contributed by atoms with E-state index in [2.05, 4.69) is 45.2 Å². The minimum Gasteiger partial charge on any atom is -0.385 e. The standard InChI is InChI=1S/C23H27FN6S2.C20H27FN4.C9H9F3.C8H2F4.2C2H6/c1-3-12-31-32-13-15(2)28-16-8-10-17(11-9-16)30-23-20(22(25)26-14-27-23)21(29-30)18-6-4-5-7-19(18)24;1-5-23-20-14(3)19(17-11-6-13(2)12-18(17)21)24-25(20)16-9-7-15(22-4)8-10-16;1-3-6-8(11)5(2)4-7(10)9(6)12;1-2-4-7(11)5(9)3-6(10)8(4)12;2*1-2/h3-7,14,16-17,28H,1-2,8-13H2,(H2,25,26,27);5-6,11-12,15-16,22H,7-10H2,1-4H3;4H,3H2,1-2H3;1,3H;2*1-2H3/b;23-5-;;;;. The first-order valence-electron chi connectivity index (χ1n) is 28.3. The second kappa shape index (κ2) is 34.8. The molecule has 0 bridgehead atoms. The van der Waals surface area contributed by atoms with E-state index in [4.69, 9.17) is 15.9 Å². The molecule has 3 aromatic heterocycles. The fraction of sp³-hybridized carbons (Fsp3) is 0.391. The van der Waals surface area contributed by atoms with Gasteiger partial charge in [0, 0.05) is 63.8 Å². The zero-order valence-electron chi connectivity index (χ0n) is 49.9. The predicted octanol–water partition coefficient (Wildman–Crippen LogP) is 17.4. The average Bonchev–Trinajstić information content (AvgIpc) is 1.95. The van der Waals surface area contributed by atoms with Crippen molar-refractivity contribution in [1.82, 2.24) is 40.2 Å².